The standard InChI is InChI=1S/C14H10N2O4.3C4H9.Sn/c17-8-9-7-10(5-6-13(9)18)15-16-12-4-2-1-3-11(12)14(19)20;3*1-3-4-2;/h1-8,18H,(H,19,20);3*1,3-4H2,2H3;/q;;;;+1/p-1. The Morgan fingerprint density at radius 1 is 0.939 bits per heavy atom. The third kappa shape index (κ3) is 8.25. The minimum atomic E-state index is -3.12. The number of aldehydes is 1. The van der Waals surface area contributed by atoms with Crippen molar-refractivity contribution in [1.82, 2.24) is 0 Å². The summed E-state index contributed by atoms with van der Waals surface area (Å²) >= 11 is -3.12. The molecule has 0 spiro atoms. The number of hydrogen-bond donors (Lipinski definition) is 1. The van der Waals surface area contributed by atoms with Crippen molar-refractivity contribution in [2.75, 3.05) is 0 Å². The molecule has 1 N–H and O–H groups in total. The molecule has 0 radical (unpaired) electrons. The molecule has 0 unspecified atom stereocenters. The van der Waals surface area contributed by atoms with Crippen molar-refractivity contribution in [3.8, 4) is 5.75 Å². The zero-order valence-corrected chi connectivity index (χ0v) is 22.9. The number of nitrogens with zero attached hydrogens (tertiary/aromatic N) is 2. The van der Waals surface area contributed by atoms with Gasteiger partial charge in [-0.3, -0.25) is 0 Å². The number of phenolic OH excluding ortho intramolecular Hbond substituents is 1. The molecule has 0 fully saturated rings. The number of phenols is 1. The van der Waals surface area contributed by atoms with E-state index in [1.54, 1.807) is 24.3 Å². The van der Waals surface area contributed by atoms with Gasteiger partial charge < -0.3 is 0 Å². The van der Waals surface area contributed by atoms with Crippen LogP contribution in [0.4, 0.5) is 11.4 Å². The third-order valence-corrected chi connectivity index (χ3v) is 18.4. The average Bonchev–Trinajstić information content (AvgIpc) is 2.84. The van der Waals surface area contributed by atoms with Gasteiger partial charge in [0, 0.05) is 0 Å². The van der Waals surface area contributed by atoms with E-state index in [1.807, 2.05) is 6.07 Å². The van der Waals surface area contributed by atoms with E-state index >= 15 is 0 Å². The van der Waals surface area contributed by atoms with Crippen LogP contribution in [0.2, 0.25) is 13.3 Å². The molecule has 7 heteroatoms. The van der Waals surface area contributed by atoms with Gasteiger partial charge in [-0.1, -0.05) is 0 Å². The van der Waals surface area contributed by atoms with Crippen molar-refractivity contribution in [2.45, 2.75) is 72.6 Å². The Kier molecular flexibility index (Phi) is 11.6. The molecule has 33 heavy (non-hydrogen) atoms. The first kappa shape index (κ1) is 27.0. The van der Waals surface area contributed by atoms with Crippen LogP contribution in [0.15, 0.2) is 52.7 Å². The van der Waals surface area contributed by atoms with Gasteiger partial charge in [0.15, 0.2) is 0 Å². The molecule has 0 atom stereocenters. The molecule has 0 bridgehead atoms. The second-order valence-electron chi connectivity index (χ2n) is 8.46. The van der Waals surface area contributed by atoms with Gasteiger partial charge in [-0.25, -0.2) is 0 Å². The summed E-state index contributed by atoms with van der Waals surface area (Å²) in [5.41, 5.74) is 1.41. The SMILES string of the molecule is CCC[CH2][Sn]([CH2]CCC)([CH2]CCC)[O]C(=O)c1ccccc1N=Nc1ccc(O)c(C=O)c1. The Labute approximate surface area is 201 Å². The summed E-state index contributed by atoms with van der Waals surface area (Å²) in [6, 6.07) is 11.5. The van der Waals surface area contributed by atoms with Crippen LogP contribution in [0.3, 0.4) is 0 Å². The van der Waals surface area contributed by atoms with E-state index in [1.165, 1.54) is 12.1 Å². The fourth-order valence-electron chi connectivity index (χ4n) is 3.82. The molecule has 6 nitrogen and oxygen atoms in total. The van der Waals surface area contributed by atoms with E-state index in [-0.39, 0.29) is 17.3 Å². The average molecular weight is 559 g/mol. The molecule has 2 rings (SSSR count). The van der Waals surface area contributed by atoms with Gasteiger partial charge in [-0.2, -0.15) is 0 Å². The van der Waals surface area contributed by atoms with Crippen LogP contribution in [0.5, 0.6) is 5.75 Å². The first-order valence-corrected chi connectivity index (χ1v) is 19.2. The Morgan fingerprint density at radius 2 is 1.55 bits per heavy atom. The number of carbonyl (C=O) groups is 2. The van der Waals surface area contributed by atoms with E-state index in [2.05, 4.69) is 31.0 Å². The fourth-order valence-corrected chi connectivity index (χ4v) is 16.8. The number of unbranched alkanes of at least 4 members (excludes halogenated alkanes) is 3. The van der Waals surface area contributed by atoms with Crippen molar-refractivity contribution in [2.24, 2.45) is 10.2 Å². The zero-order valence-electron chi connectivity index (χ0n) is 20.0. The van der Waals surface area contributed by atoms with Crippen molar-refractivity contribution in [1.29, 1.82) is 0 Å². The summed E-state index contributed by atoms with van der Waals surface area (Å²) in [6.07, 6.45) is 7.21. The van der Waals surface area contributed by atoms with Crippen LogP contribution in [0, 0.1) is 0 Å². The zero-order chi connectivity index (χ0) is 24.1. The van der Waals surface area contributed by atoms with Gasteiger partial charge in [0.2, 0.25) is 0 Å². The van der Waals surface area contributed by atoms with Gasteiger partial charge >= 0.3 is 202 Å². The predicted molar refractivity (Wildman–Crippen MR) is 134 cm³/mol. The van der Waals surface area contributed by atoms with Crippen molar-refractivity contribution < 1.29 is 17.8 Å². The second kappa shape index (κ2) is 14.1. The van der Waals surface area contributed by atoms with Crippen LogP contribution in [-0.2, 0) is 3.07 Å². The molecule has 2 aromatic rings. The van der Waals surface area contributed by atoms with E-state index in [0.29, 0.717) is 23.2 Å². The quantitative estimate of drug-likeness (QED) is 0.144. The molecule has 0 saturated heterocycles. The Bertz CT molecular complexity index is 924. The molecule has 178 valence electrons. The van der Waals surface area contributed by atoms with Crippen LogP contribution in [0.1, 0.15) is 80.0 Å². The molecule has 0 amide bonds. The minimum absolute atomic E-state index is 0.108. The summed E-state index contributed by atoms with van der Waals surface area (Å²) in [6.45, 7) is 6.56. The van der Waals surface area contributed by atoms with E-state index < -0.39 is 18.8 Å². The van der Waals surface area contributed by atoms with Gasteiger partial charge in [-0.05, 0) is 0 Å². The summed E-state index contributed by atoms with van der Waals surface area (Å²) in [5.74, 6) is -0.397. The van der Waals surface area contributed by atoms with Crippen LogP contribution < -0.4 is 0 Å². The van der Waals surface area contributed by atoms with Gasteiger partial charge in [0.05, 0.1) is 0 Å². The summed E-state index contributed by atoms with van der Waals surface area (Å²) in [4.78, 5) is 24.4. The Balaban J connectivity index is 2.31. The van der Waals surface area contributed by atoms with Gasteiger partial charge in [-0.15, -0.1) is 0 Å². The molecular formula is C26H36N2O4Sn. The molecule has 0 aliphatic rings. The number of benzene rings is 2. The fraction of sp³-hybridized carbons (Fsp3) is 0.462. The molecule has 0 aliphatic carbocycles. The van der Waals surface area contributed by atoms with Crippen LogP contribution in [0.25, 0.3) is 0 Å². The first-order chi connectivity index (χ1) is 16.0. The van der Waals surface area contributed by atoms with Crippen molar-refractivity contribution >= 4 is 42.4 Å². The molecule has 0 saturated carbocycles. The number of carbonyl (C=O) groups excluding carboxylic acids is 2. The molecule has 2 aromatic carbocycles. The first-order valence-electron chi connectivity index (χ1n) is 12.0. The maximum atomic E-state index is 13.4. The maximum absolute atomic E-state index is 13.4. The molecule has 0 aromatic heterocycles. The van der Waals surface area contributed by atoms with Crippen molar-refractivity contribution in [3.05, 3.63) is 53.6 Å². The molecule has 0 heterocycles. The number of aromatic hydroxyl groups is 1. The predicted octanol–water partition coefficient (Wildman–Crippen LogP) is 8.12. The third-order valence-electron chi connectivity index (χ3n) is 5.80. The molecular weight excluding hydrogens is 523 g/mol. The number of rotatable bonds is 14. The summed E-state index contributed by atoms with van der Waals surface area (Å²) in [5, 5.41) is 18.1. The monoisotopic (exact) mass is 560 g/mol. The molecule has 0 aliphatic heterocycles. The Hall–Kier alpha value is -2.22. The van der Waals surface area contributed by atoms with Crippen LogP contribution in [-0.4, -0.2) is 36.2 Å². The Morgan fingerprint density at radius 3 is 2.12 bits per heavy atom. The van der Waals surface area contributed by atoms with Crippen LogP contribution >= 0.6 is 0 Å². The number of azo groups is 1. The van der Waals surface area contributed by atoms with Crippen molar-refractivity contribution in [3.63, 3.8) is 0 Å². The normalized spacial score (nSPS) is 11.6. The number of hydrogen-bond acceptors (Lipinski definition) is 6. The summed E-state index contributed by atoms with van der Waals surface area (Å²) in [7, 11) is 0. The van der Waals surface area contributed by atoms with E-state index in [0.717, 1.165) is 51.8 Å². The summed E-state index contributed by atoms with van der Waals surface area (Å²) < 4.78 is 9.68. The van der Waals surface area contributed by atoms with Gasteiger partial charge in [0.1, 0.15) is 0 Å². The second-order valence-corrected chi connectivity index (χ2v) is 20.1. The van der Waals surface area contributed by atoms with Gasteiger partial charge in [0.25, 0.3) is 0 Å². The van der Waals surface area contributed by atoms with E-state index in [9.17, 15) is 14.7 Å². The topological polar surface area (TPSA) is 88.3 Å². The van der Waals surface area contributed by atoms with E-state index in [4.69, 9.17) is 3.07 Å².